The van der Waals surface area contributed by atoms with E-state index in [4.69, 9.17) is 4.74 Å². The fourth-order valence-corrected chi connectivity index (χ4v) is 2.08. The standard InChI is InChI=1S/C19H22N2O3/c1-13(2)12-24-15-10-8-14(9-11-15)18(22)21-17-7-5-4-6-16(17)19(23)20-3/h4-11,13H,12H2,1-3H3,(H,20,23)(H,21,22). The minimum Gasteiger partial charge on any atom is -0.493 e. The van der Waals surface area contributed by atoms with Gasteiger partial charge >= 0.3 is 0 Å². The molecule has 2 aromatic carbocycles. The summed E-state index contributed by atoms with van der Waals surface area (Å²) in [5.74, 6) is 0.644. The highest BCUT2D eigenvalue weighted by molar-refractivity contribution is 6.08. The van der Waals surface area contributed by atoms with Crippen LogP contribution in [0.1, 0.15) is 34.6 Å². The van der Waals surface area contributed by atoms with E-state index in [1.54, 1.807) is 55.6 Å². The minimum atomic E-state index is -0.276. The van der Waals surface area contributed by atoms with Crippen molar-refractivity contribution in [2.75, 3.05) is 19.0 Å². The van der Waals surface area contributed by atoms with Crippen LogP contribution in [0.25, 0.3) is 0 Å². The molecule has 2 N–H and O–H groups in total. The number of carbonyl (C=O) groups is 2. The molecule has 0 aliphatic rings. The van der Waals surface area contributed by atoms with Crippen molar-refractivity contribution < 1.29 is 14.3 Å². The van der Waals surface area contributed by atoms with Gasteiger partial charge in [0.1, 0.15) is 5.75 Å². The van der Waals surface area contributed by atoms with Gasteiger partial charge in [-0.1, -0.05) is 26.0 Å². The highest BCUT2D eigenvalue weighted by atomic mass is 16.5. The monoisotopic (exact) mass is 326 g/mol. The molecule has 0 aliphatic heterocycles. The summed E-state index contributed by atoms with van der Waals surface area (Å²) in [4.78, 5) is 24.2. The number of carbonyl (C=O) groups excluding carboxylic acids is 2. The maximum Gasteiger partial charge on any atom is 0.255 e. The Morgan fingerprint density at radius 3 is 2.29 bits per heavy atom. The second kappa shape index (κ2) is 8.15. The van der Waals surface area contributed by atoms with Crippen molar-refractivity contribution in [1.82, 2.24) is 5.32 Å². The number of para-hydroxylation sites is 1. The fraction of sp³-hybridized carbons (Fsp3) is 0.263. The lowest BCUT2D eigenvalue weighted by Gasteiger charge is -2.11. The molecule has 0 saturated heterocycles. The Balaban J connectivity index is 2.09. The minimum absolute atomic E-state index is 0.247. The van der Waals surface area contributed by atoms with Crippen LogP contribution in [0.3, 0.4) is 0 Å². The van der Waals surface area contributed by atoms with Crippen molar-refractivity contribution in [2.24, 2.45) is 5.92 Å². The molecule has 0 radical (unpaired) electrons. The van der Waals surface area contributed by atoms with Crippen molar-refractivity contribution in [3.63, 3.8) is 0 Å². The van der Waals surface area contributed by atoms with Gasteiger partial charge in [-0.2, -0.15) is 0 Å². The van der Waals surface area contributed by atoms with E-state index < -0.39 is 0 Å². The number of amides is 2. The second-order valence-corrected chi connectivity index (χ2v) is 5.81. The molecule has 0 atom stereocenters. The topological polar surface area (TPSA) is 67.4 Å². The van der Waals surface area contributed by atoms with Gasteiger partial charge in [-0.3, -0.25) is 9.59 Å². The summed E-state index contributed by atoms with van der Waals surface area (Å²) in [5.41, 5.74) is 1.39. The highest BCUT2D eigenvalue weighted by Crippen LogP contribution is 2.18. The number of benzene rings is 2. The maximum atomic E-state index is 12.4. The van der Waals surface area contributed by atoms with Crippen LogP contribution < -0.4 is 15.4 Å². The molecule has 0 bridgehead atoms. The quantitative estimate of drug-likeness (QED) is 0.855. The molecule has 2 amide bonds. The summed E-state index contributed by atoms with van der Waals surface area (Å²) in [6, 6.07) is 13.8. The Hall–Kier alpha value is -2.82. The molecule has 0 heterocycles. The third-order valence-electron chi connectivity index (χ3n) is 3.35. The summed E-state index contributed by atoms with van der Waals surface area (Å²) < 4.78 is 5.60. The zero-order valence-corrected chi connectivity index (χ0v) is 14.1. The average molecular weight is 326 g/mol. The van der Waals surface area contributed by atoms with E-state index in [0.29, 0.717) is 29.3 Å². The molecule has 0 fully saturated rings. The normalized spacial score (nSPS) is 10.3. The van der Waals surface area contributed by atoms with E-state index in [0.717, 1.165) is 5.75 Å². The van der Waals surface area contributed by atoms with Gasteiger partial charge in [0.25, 0.3) is 11.8 Å². The van der Waals surface area contributed by atoms with Crippen LogP contribution in [-0.2, 0) is 0 Å². The van der Waals surface area contributed by atoms with Crippen molar-refractivity contribution in [3.05, 3.63) is 59.7 Å². The summed E-state index contributed by atoms with van der Waals surface area (Å²) in [6.45, 7) is 4.78. The van der Waals surface area contributed by atoms with Crippen LogP contribution in [0.15, 0.2) is 48.5 Å². The Labute approximate surface area is 142 Å². The van der Waals surface area contributed by atoms with E-state index in [9.17, 15) is 9.59 Å². The molecule has 0 spiro atoms. The van der Waals surface area contributed by atoms with Gasteiger partial charge in [0, 0.05) is 12.6 Å². The van der Waals surface area contributed by atoms with Gasteiger partial charge < -0.3 is 15.4 Å². The molecular weight excluding hydrogens is 304 g/mol. The van der Waals surface area contributed by atoms with E-state index in [1.165, 1.54) is 0 Å². The van der Waals surface area contributed by atoms with Crippen LogP contribution >= 0.6 is 0 Å². The molecule has 5 nitrogen and oxygen atoms in total. The van der Waals surface area contributed by atoms with E-state index in [-0.39, 0.29) is 11.8 Å². The van der Waals surface area contributed by atoms with Crippen LogP contribution in [0.2, 0.25) is 0 Å². The zero-order chi connectivity index (χ0) is 17.5. The SMILES string of the molecule is CNC(=O)c1ccccc1NC(=O)c1ccc(OCC(C)C)cc1. The molecule has 5 heteroatoms. The second-order valence-electron chi connectivity index (χ2n) is 5.81. The van der Waals surface area contributed by atoms with Crippen molar-refractivity contribution >= 4 is 17.5 Å². The van der Waals surface area contributed by atoms with Crippen LogP contribution in [-0.4, -0.2) is 25.5 Å². The molecule has 0 aliphatic carbocycles. The van der Waals surface area contributed by atoms with Gasteiger partial charge in [-0.25, -0.2) is 0 Å². The van der Waals surface area contributed by atoms with Gasteiger partial charge in [-0.15, -0.1) is 0 Å². The predicted octanol–water partition coefficient (Wildman–Crippen LogP) is 3.33. The molecule has 2 aromatic rings. The third-order valence-corrected chi connectivity index (χ3v) is 3.35. The first kappa shape index (κ1) is 17.5. The average Bonchev–Trinajstić information content (AvgIpc) is 2.60. The molecule has 126 valence electrons. The van der Waals surface area contributed by atoms with Crippen molar-refractivity contribution in [3.8, 4) is 5.75 Å². The Bertz CT molecular complexity index is 709. The lowest BCUT2D eigenvalue weighted by atomic mass is 10.1. The first-order chi connectivity index (χ1) is 11.5. The number of hydrogen-bond donors (Lipinski definition) is 2. The van der Waals surface area contributed by atoms with Crippen molar-refractivity contribution in [1.29, 1.82) is 0 Å². The Morgan fingerprint density at radius 1 is 1.00 bits per heavy atom. The lowest BCUT2D eigenvalue weighted by Crippen LogP contribution is -2.21. The molecule has 24 heavy (non-hydrogen) atoms. The Kier molecular flexibility index (Phi) is 5.95. The predicted molar refractivity (Wildman–Crippen MR) is 94.6 cm³/mol. The molecule has 2 rings (SSSR count). The van der Waals surface area contributed by atoms with Crippen LogP contribution in [0, 0.1) is 5.92 Å². The number of anilines is 1. The first-order valence-electron chi connectivity index (χ1n) is 7.86. The fourth-order valence-electron chi connectivity index (χ4n) is 2.08. The summed E-state index contributed by atoms with van der Waals surface area (Å²) in [7, 11) is 1.55. The highest BCUT2D eigenvalue weighted by Gasteiger charge is 2.13. The smallest absolute Gasteiger partial charge is 0.255 e. The van der Waals surface area contributed by atoms with Crippen LogP contribution in [0.4, 0.5) is 5.69 Å². The number of nitrogens with one attached hydrogen (secondary N) is 2. The summed E-state index contributed by atoms with van der Waals surface area (Å²) >= 11 is 0. The Morgan fingerprint density at radius 2 is 1.67 bits per heavy atom. The molecule has 0 aromatic heterocycles. The van der Waals surface area contributed by atoms with E-state index >= 15 is 0 Å². The van der Waals surface area contributed by atoms with E-state index in [1.807, 2.05) is 0 Å². The maximum absolute atomic E-state index is 12.4. The summed E-state index contributed by atoms with van der Waals surface area (Å²) in [5, 5.41) is 5.33. The van der Waals surface area contributed by atoms with Gasteiger partial charge in [-0.05, 0) is 42.3 Å². The van der Waals surface area contributed by atoms with Gasteiger partial charge in [0.2, 0.25) is 0 Å². The molecular formula is C19H22N2O3. The number of ether oxygens (including phenoxy) is 1. The third kappa shape index (κ3) is 4.59. The largest absolute Gasteiger partial charge is 0.493 e. The zero-order valence-electron chi connectivity index (χ0n) is 14.1. The summed E-state index contributed by atoms with van der Waals surface area (Å²) in [6.07, 6.45) is 0. The number of hydrogen-bond acceptors (Lipinski definition) is 3. The number of rotatable bonds is 6. The molecule has 0 unspecified atom stereocenters. The van der Waals surface area contributed by atoms with Crippen LogP contribution in [0.5, 0.6) is 5.75 Å². The first-order valence-corrected chi connectivity index (χ1v) is 7.86. The van der Waals surface area contributed by atoms with Gasteiger partial charge in [0.05, 0.1) is 17.9 Å². The molecule has 0 saturated carbocycles. The van der Waals surface area contributed by atoms with Gasteiger partial charge in [0.15, 0.2) is 0 Å². The van der Waals surface area contributed by atoms with Crippen molar-refractivity contribution in [2.45, 2.75) is 13.8 Å². The van der Waals surface area contributed by atoms with E-state index in [2.05, 4.69) is 24.5 Å². The lowest BCUT2D eigenvalue weighted by molar-refractivity contribution is 0.0964.